The minimum atomic E-state index is 0.561. The van der Waals surface area contributed by atoms with Crippen molar-refractivity contribution in [3.63, 3.8) is 0 Å². The zero-order valence-electron chi connectivity index (χ0n) is 18.2. The van der Waals surface area contributed by atoms with E-state index in [1.54, 1.807) is 7.11 Å². The third-order valence-corrected chi connectivity index (χ3v) is 7.26. The van der Waals surface area contributed by atoms with Crippen LogP contribution in [0.25, 0.3) is 0 Å². The van der Waals surface area contributed by atoms with Gasteiger partial charge in [0.1, 0.15) is 5.75 Å². The van der Waals surface area contributed by atoms with E-state index in [4.69, 9.17) is 4.74 Å². The van der Waals surface area contributed by atoms with Gasteiger partial charge in [-0.2, -0.15) is 0 Å². The van der Waals surface area contributed by atoms with E-state index in [1.165, 1.54) is 42.8 Å². The second-order valence-electron chi connectivity index (χ2n) is 8.46. The van der Waals surface area contributed by atoms with Crippen molar-refractivity contribution < 1.29 is 4.74 Å². The van der Waals surface area contributed by atoms with Crippen LogP contribution in [0.4, 0.5) is 0 Å². The lowest BCUT2D eigenvalue weighted by Gasteiger charge is -2.33. The number of aliphatic imine (C=N–C) groups is 1. The number of benzene rings is 1. The molecule has 3 heterocycles. The Morgan fingerprint density at radius 2 is 2.03 bits per heavy atom. The van der Waals surface area contributed by atoms with E-state index in [0.717, 1.165) is 37.9 Å². The Morgan fingerprint density at radius 1 is 1.17 bits per heavy atom. The normalized spacial score (nSPS) is 23.0. The molecule has 4 rings (SSSR count). The smallest absolute Gasteiger partial charge is 0.193 e. The monoisotopic (exact) mass is 426 g/mol. The Bertz CT molecular complexity index is 805. The molecule has 1 N–H and O–H groups in total. The van der Waals surface area contributed by atoms with E-state index in [9.17, 15) is 0 Å². The molecule has 2 aliphatic rings. The summed E-state index contributed by atoms with van der Waals surface area (Å²) in [5.41, 5.74) is 1.39. The van der Waals surface area contributed by atoms with Crippen LogP contribution in [0, 0.1) is 5.92 Å². The molecule has 1 aromatic carbocycles. The van der Waals surface area contributed by atoms with Crippen LogP contribution in [0.5, 0.6) is 5.75 Å². The second kappa shape index (κ2) is 10.3. The Balaban J connectivity index is 1.26. The molecule has 0 amide bonds. The average molecular weight is 427 g/mol. The molecule has 6 heteroatoms. The fourth-order valence-corrected chi connectivity index (χ4v) is 5.50. The number of thiophene rings is 1. The highest BCUT2D eigenvalue weighted by molar-refractivity contribution is 7.09. The average Bonchev–Trinajstić information content (AvgIpc) is 3.47. The molecule has 0 radical (unpaired) electrons. The molecule has 2 saturated heterocycles. The number of hydrogen-bond donors (Lipinski definition) is 1. The molecule has 2 aromatic rings. The topological polar surface area (TPSA) is 40.1 Å². The first-order chi connectivity index (χ1) is 14.7. The number of likely N-dealkylation sites (tertiary alicyclic amines) is 2. The molecule has 2 unspecified atom stereocenters. The van der Waals surface area contributed by atoms with E-state index in [2.05, 4.69) is 61.9 Å². The molecule has 2 aliphatic heterocycles. The van der Waals surface area contributed by atoms with Crippen molar-refractivity contribution >= 4 is 17.3 Å². The number of rotatable bonds is 6. The molecule has 0 saturated carbocycles. The largest absolute Gasteiger partial charge is 0.497 e. The highest BCUT2D eigenvalue weighted by atomic mass is 32.1. The SMILES string of the molecule is CN=C(NCC1CCCN(Cc2cccs2)C1)N1CCC(c2ccc(OC)cc2)C1. The first-order valence-electron chi connectivity index (χ1n) is 11.1. The zero-order valence-corrected chi connectivity index (χ0v) is 19.0. The summed E-state index contributed by atoms with van der Waals surface area (Å²) in [5, 5.41) is 5.86. The number of piperidine rings is 1. The van der Waals surface area contributed by atoms with Crippen molar-refractivity contribution in [2.75, 3.05) is 46.9 Å². The Labute approximate surface area is 184 Å². The maximum Gasteiger partial charge on any atom is 0.193 e. The number of guanidine groups is 1. The van der Waals surface area contributed by atoms with Gasteiger partial charge in [-0.3, -0.25) is 9.89 Å². The maximum absolute atomic E-state index is 5.29. The van der Waals surface area contributed by atoms with Crippen LogP contribution >= 0.6 is 11.3 Å². The number of nitrogens with one attached hydrogen (secondary N) is 1. The van der Waals surface area contributed by atoms with Crippen molar-refractivity contribution in [2.45, 2.75) is 31.7 Å². The summed E-state index contributed by atoms with van der Waals surface area (Å²) < 4.78 is 5.29. The molecule has 2 fully saturated rings. The van der Waals surface area contributed by atoms with E-state index >= 15 is 0 Å². The van der Waals surface area contributed by atoms with Gasteiger partial charge in [-0.05, 0) is 60.9 Å². The van der Waals surface area contributed by atoms with E-state index < -0.39 is 0 Å². The predicted molar refractivity (Wildman–Crippen MR) is 126 cm³/mol. The van der Waals surface area contributed by atoms with Crippen molar-refractivity contribution in [1.82, 2.24) is 15.1 Å². The molecular weight excluding hydrogens is 392 g/mol. The third kappa shape index (κ3) is 5.35. The van der Waals surface area contributed by atoms with Crippen LogP contribution in [-0.4, -0.2) is 62.6 Å². The van der Waals surface area contributed by atoms with Gasteiger partial charge in [-0.1, -0.05) is 18.2 Å². The predicted octanol–water partition coefficient (Wildman–Crippen LogP) is 4.03. The number of methoxy groups -OCH3 is 1. The molecule has 5 nitrogen and oxygen atoms in total. The van der Waals surface area contributed by atoms with Gasteiger partial charge in [0.25, 0.3) is 0 Å². The molecule has 30 heavy (non-hydrogen) atoms. The van der Waals surface area contributed by atoms with Crippen molar-refractivity contribution in [3.05, 3.63) is 52.2 Å². The summed E-state index contributed by atoms with van der Waals surface area (Å²) >= 11 is 1.87. The van der Waals surface area contributed by atoms with Crippen LogP contribution in [-0.2, 0) is 6.54 Å². The highest BCUT2D eigenvalue weighted by Gasteiger charge is 2.27. The number of hydrogen-bond acceptors (Lipinski definition) is 4. The zero-order chi connectivity index (χ0) is 20.8. The van der Waals surface area contributed by atoms with Gasteiger partial charge in [-0.15, -0.1) is 11.3 Å². The quantitative estimate of drug-likeness (QED) is 0.559. The fraction of sp³-hybridized carbons (Fsp3) is 0.542. The highest BCUT2D eigenvalue weighted by Crippen LogP contribution is 2.28. The summed E-state index contributed by atoms with van der Waals surface area (Å²) in [6, 6.07) is 12.9. The first kappa shape index (κ1) is 21.2. The van der Waals surface area contributed by atoms with Gasteiger partial charge in [0.05, 0.1) is 7.11 Å². The Morgan fingerprint density at radius 3 is 2.77 bits per heavy atom. The molecule has 1 aromatic heterocycles. The third-order valence-electron chi connectivity index (χ3n) is 6.40. The minimum absolute atomic E-state index is 0.561. The van der Waals surface area contributed by atoms with Crippen LogP contribution in [0.15, 0.2) is 46.8 Å². The lowest BCUT2D eigenvalue weighted by Crippen LogP contribution is -2.45. The first-order valence-corrected chi connectivity index (χ1v) is 12.0. The van der Waals surface area contributed by atoms with Crippen molar-refractivity contribution in [1.29, 1.82) is 0 Å². The molecular formula is C24H34N4OS. The molecule has 0 aliphatic carbocycles. The second-order valence-corrected chi connectivity index (χ2v) is 9.49. The van der Waals surface area contributed by atoms with Crippen molar-refractivity contribution in [3.8, 4) is 5.75 Å². The lowest BCUT2D eigenvalue weighted by atomic mass is 9.98. The van der Waals surface area contributed by atoms with E-state index in [1.807, 2.05) is 18.4 Å². The number of nitrogens with zero attached hydrogens (tertiary/aromatic N) is 3. The van der Waals surface area contributed by atoms with Gasteiger partial charge < -0.3 is 15.0 Å². The van der Waals surface area contributed by atoms with Gasteiger partial charge in [0.15, 0.2) is 5.96 Å². The van der Waals surface area contributed by atoms with Gasteiger partial charge in [0.2, 0.25) is 0 Å². The van der Waals surface area contributed by atoms with Crippen LogP contribution in [0.1, 0.15) is 35.6 Å². The Kier molecular flexibility index (Phi) is 7.28. The number of ether oxygens (including phenoxy) is 1. The summed E-state index contributed by atoms with van der Waals surface area (Å²) in [6.45, 7) is 6.59. The van der Waals surface area contributed by atoms with Gasteiger partial charge in [-0.25, -0.2) is 0 Å². The summed E-state index contributed by atoms with van der Waals surface area (Å²) in [6.07, 6.45) is 3.77. The molecule has 0 spiro atoms. The van der Waals surface area contributed by atoms with E-state index in [0.29, 0.717) is 11.8 Å². The summed E-state index contributed by atoms with van der Waals surface area (Å²) in [4.78, 5) is 11.1. The molecule has 162 valence electrons. The lowest BCUT2D eigenvalue weighted by molar-refractivity contribution is 0.169. The van der Waals surface area contributed by atoms with E-state index in [-0.39, 0.29) is 0 Å². The molecule has 0 bridgehead atoms. The van der Waals surface area contributed by atoms with Crippen LogP contribution in [0.2, 0.25) is 0 Å². The van der Waals surface area contributed by atoms with Crippen LogP contribution in [0.3, 0.4) is 0 Å². The summed E-state index contributed by atoms with van der Waals surface area (Å²) in [7, 11) is 3.63. The maximum atomic E-state index is 5.29. The standard InChI is InChI=1S/C24H34N4OS/c1-25-24(28-13-11-21(17-28)20-7-9-22(29-2)10-8-20)26-15-19-5-3-12-27(16-19)18-23-6-4-14-30-23/h4,6-10,14,19,21H,3,5,11-13,15-18H2,1-2H3,(H,25,26). The fourth-order valence-electron chi connectivity index (χ4n) is 4.75. The van der Waals surface area contributed by atoms with Crippen LogP contribution < -0.4 is 10.1 Å². The van der Waals surface area contributed by atoms with Gasteiger partial charge >= 0.3 is 0 Å². The summed E-state index contributed by atoms with van der Waals surface area (Å²) in [5.74, 6) is 3.23. The Hall–Kier alpha value is -2.05. The minimum Gasteiger partial charge on any atom is -0.497 e. The van der Waals surface area contributed by atoms with Gasteiger partial charge in [0, 0.05) is 50.6 Å². The molecule has 2 atom stereocenters. The van der Waals surface area contributed by atoms with Crippen molar-refractivity contribution in [2.24, 2.45) is 10.9 Å².